The Labute approximate surface area is 274 Å². The standard InChI is InChI=1S/C24H34NO6PS2.C7H9NO2S/c1-4-30-32(27,31-5-2)16-20-17-33-24(25-20)15-23(26)22(14-18-8-6-7-9-18)19-10-12-21(13-11-19)34(3,28)29;1-3-10-7(9)6-4-11-5(2)8-6/h10-13,17-18,22H,4-9,14-16H2,1-3H3;4H,3H2,1-2H3/t22-;/m1./s1. The Morgan fingerprint density at radius 3 is 2.16 bits per heavy atom. The molecule has 1 atom stereocenters. The fourth-order valence-electron chi connectivity index (χ4n) is 5.14. The summed E-state index contributed by atoms with van der Waals surface area (Å²) in [6, 6.07) is 6.70. The number of aromatic nitrogens is 2. The number of hydrogen-bond donors (Lipinski definition) is 0. The highest BCUT2D eigenvalue weighted by Gasteiger charge is 2.29. The number of sulfone groups is 1. The SMILES string of the molecule is CCOC(=O)c1csc(C)n1.CCOP(=O)(Cc1csc(CC(=O)[C@H](CC2CCCC2)c2ccc(S(C)(=O)=O)cc2)n1)OCC. The lowest BCUT2D eigenvalue weighted by molar-refractivity contribution is -0.120. The van der Waals surface area contributed by atoms with Gasteiger partial charge in [-0.05, 0) is 57.7 Å². The zero-order valence-corrected chi connectivity index (χ0v) is 29.9. The van der Waals surface area contributed by atoms with Gasteiger partial charge in [0.15, 0.2) is 15.5 Å². The molecule has 0 aliphatic heterocycles. The maximum Gasteiger partial charge on any atom is 0.357 e. The van der Waals surface area contributed by atoms with Gasteiger partial charge in [-0.1, -0.05) is 37.8 Å². The van der Waals surface area contributed by atoms with Crippen LogP contribution in [-0.2, 0) is 45.6 Å². The Bertz CT molecular complexity index is 1540. The van der Waals surface area contributed by atoms with Gasteiger partial charge in [-0.15, -0.1) is 22.7 Å². The van der Waals surface area contributed by atoms with Crippen LogP contribution >= 0.6 is 30.3 Å². The van der Waals surface area contributed by atoms with Crippen LogP contribution in [0.5, 0.6) is 0 Å². The Kier molecular flexibility index (Phi) is 14.5. The van der Waals surface area contributed by atoms with Crippen LogP contribution in [0.2, 0.25) is 0 Å². The van der Waals surface area contributed by atoms with Crippen LogP contribution in [0.4, 0.5) is 0 Å². The number of nitrogens with zero attached hydrogens (tertiary/aromatic N) is 2. The van der Waals surface area contributed by atoms with E-state index in [1.54, 1.807) is 55.8 Å². The number of thiazole rings is 2. The molecule has 248 valence electrons. The number of aryl methyl sites for hydroxylation is 1. The van der Waals surface area contributed by atoms with E-state index in [4.69, 9.17) is 13.8 Å². The van der Waals surface area contributed by atoms with E-state index in [9.17, 15) is 22.6 Å². The molecule has 0 amide bonds. The number of carbonyl (C=O) groups excluding carboxylic acids is 2. The first-order valence-corrected chi connectivity index (χ1v) is 20.5. The van der Waals surface area contributed by atoms with E-state index in [0.717, 1.165) is 29.8 Å². The van der Waals surface area contributed by atoms with E-state index >= 15 is 0 Å². The number of hydrogen-bond acceptors (Lipinski definition) is 12. The second-order valence-electron chi connectivity index (χ2n) is 10.7. The van der Waals surface area contributed by atoms with Crippen LogP contribution in [0.25, 0.3) is 0 Å². The molecule has 0 saturated heterocycles. The molecule has 10 nitrogen and oxygen atoms in total. The summed E-state index contributed by atoms with van der Waals surface area (Å²) in [6.45, 7) is 8.13. The van der Waals surface area contributed by atoms with Crippen LogP contribution in [0.1, 0.15) is 90.6 Å². The fraction of sp³-hybridized carbons (Fsp3) is 0.548. The van der Waals surface area contributed by atoms with Gasteiger partial charge in [-0.2, -0.15) is 0 Å². The number of ketones is 1. The molecule has 1 aliphatic carbocycles. The molecule has 1 aliphatic rings. The first-order valence-electron chi connectivity index (χ1n) is 15.1. The lowest BCUT2D eigenvalue weighted by Gasteiger charge is -2.20. The molecule has 1 aromatic carbocycles. The van der Waals surface area contributed by atoms with E-state index in [1.165, 1.54) is 41.8 Å². The topological polar surface area (TPSA) is 139 Å². The van der Waals surface area contributed by atoms with E-state index in [-0.39, 0.29) is 48.4 Å². The summed E-state index contributed by atoms with van der Waals surface area (Å²) in [7, 11) is -6.55. The third-order valence-corrected chi connectivity index (χ3v) is 12.0. The van der Waals surface area contributed by atoms with Crippen molar-refractivity contribution in [3.8, 4) is 0 Å². The van der Waals surface area contributed by atoms with Gasteiger partial charge in [-0.25, -0.2) is 23.2 Å². The largest absolute Gasteiger partial charge is 0.461 e. The molecule has 0 spiro atoms. The summed E-state index contributed by atoms with van der Waals surface area (Å²) in [5, 5.41) is 5.06. The highest BCUT2D eigenvalue weighted by molar-refractivity contribution is 7.90. The van der Waals surface area contributed by atoms with Crippen molar-refractivity contribution in [2.45, 2.75) is 83.2 Å². The van der Waals surface area contributed by atoms with E-state index in [0.29, 0.717) is 28.9 Å². The number of Topliss-reactive ketones (excluding diaryl/α,β-unsaturated/α-hetero) is 1. The fourth-order valence-corrected chi connectivity index (χ4v) is 8.88. The Balaban J connectivity index is 0.000000423. The minimum absolute atomic E-state index is 0.0673. The zero-order valence-electron chi connectivity index (χ0n) is 26.5. The summed E-state index contributed by atoms with van der Waals surface area (Å²) < 4.78 is 51.9. The number of carbonyl (C=O) groups is 2. The van der Waals surface area contributed by atoms with Crippen molar-refractivity contribution in [3.05, 3.63) is 62.0 Å². The van der Waals surface area contributed by atoms with E-state index < -0.39 is 17.4 Å². The van der Waals surface area contributed by atoms with Gasteiger partial charge in [0.25, 0.3) is 0 Å². The van der Waals surface area contributed by atoms with Gasteiger partial charge in [0.2, 0.25) is 0 Å². The zero-order chi connectivity index (χ0) is 33.0. The highest BCUT2D eigenvalue weighted by atomic mass is 32.2. The Morgan fingerprint density at radius 1 is 0.978 bits per heavy atom. The molecule has 0 bridgehead atoms. The van der Waals surface area contributed by atoms with Crippen molar-refractivity contribution in [1.29, 1.82) is 0 Å². The van der Waals surface area contributed by atoms with Gasteiger partial charge in [0.1, 0.15) is 10.8 Å². The minimum atomic E-state index is -3.29. The molecular weight excluding hydrogens is 656 g/mol. The van der Waals surface area contributed by atoms with Crippen LogP contribution in [0, 0.1) is 12.8 Å². The molecule has 45 heavy (non-hydrogen) atoms. The van der Waals surface area contributed by atoms with Crippen molar-refractivity contribution in [2.75, 3.05) is 26.1 Å². The van der Waals surface area contributed by atoms with Crippen LogP contribution in [0.15, 0.2) is 39.9 Å². The molecule has 3 aromatic rings. The summed E-state index contributed by atoms with van der Waals surface area (Å²) in [6.07, 6.45) is 6.83. The van der Waals surface area contributed by atoms with Crippen molar-refractivity contribution in [1.82, 2.24) is 9.97 Å². The molecule has 14 heteroatoms. The van der Waals surface area contributed by atoms with Crippen LogP contribution in [0.3, 0.4) is 0 Å². The summed E-state index contributed by atoms with van der Waals surface area (Å²) in [5.41, 5.74) is 1.86. The van der Waals surface area contributed by atoms with Crippen LogP contribution < -0.4 is 0 Å². The molecule has 1 fully saturated rings. The predicted molar refractivity (Wildman–Crippen MR) is 177 cm³/mol. The summed E-state index contributed by atoms with van der Waals surface area (Å²) in [5.74, 6) is -0.0739. The molecule has 2 aromatic heterocycles. The predicted octanol–water partition coefficient (Wildman–Crippen LogP) is 7.42. The Hall–Kier alpha value is -2.28. The normalized spacial score (nSPS) is 14.5. The third kappa shape index (κ3) is 11.8. The Morgan fingerprint density at radius 2 is 1.62 bits per heavy atom. The highest BCUT2D eigenvalue weighted by Crippen LogP contribution is 2.51. The molecule has 0 radical (unpaired) electrons. The van der Waals surface area contributed by atoms with Gasteiger partial charge in [0.05, 0.1) is 48.0 Å². The first kappa shape index (κ1) is 37.2. The molecule has 0 unspecified atom stereocenters. The lowest BCUT2D eigenvalue weighted by atomic mass is 9.84. The van der Waals surface area contributed by atoms with Crippen molar-refractivity contribution >= 4 is 51.9 Å². The smallest absolute Gasteiger partial charge is 0.357 e. The second-order valence-corrected chi connectivity index (χ2v) is 16.8. The number of ether oxygens (including phenoxy) is 1. The van der Waals surface area contributed by atoms with E-state index in [2.05, 4.69) is 9.97 Å². The van der Waals surface area contributed by atoms with Crippen molar-refractivity contribution in [2.24, 2.45) is 5.92 Å². The molecule has 0 N–H and O–H groups in total. The number of rotatable bonds is 15. The van der Waals surface area contributed by atoms with E-state index in [1.807, 2.05) is 6.92 Å². The van der Waals surface area contributed by atoms with Crippen LogP contribution in [-0.4, -0.2) is 56.2 Å². The second kappa shape index (κ2) is 17.6. The average Bonchev–Trinajstić information content (AvgIpc) is 3.75. The van der Waals surface area contributed by atoms with Gasteiger partial charge in [0, 0.05) is 22.9 Å². The number of esters is 1. The monoisotopic (exact) mass is 698 g/mol. The third-order valence-electron chi connectivity index (χ3n) is 7.18. The summed E-state index contributed by atoms with van der Waals surface area (Å²) >= 11 is 2.82. The molecule has 4 rings (SSSR count). The summed E-state index contributed by atoms with van der Waals surface area (Å²) in [4.78, 5) is 33.2. The maximum atomic E-state index is 13.4. The maximum absolute atomic E-state index is 13.4. The first-order chi connectivity index (χ1) is 21.4. The van der Waals surface area contributed by atoms with Gasteiger partial charge in [-0.3, -0.25) is 9.36 Å². The molecule has 2 heterocycles. The van der Waals surface area contributed by atoms with Gasteiger partial charge < -0.3 is 13.8 Å². The lowest BCUT2D eigenvalue weighted by Crippen LogP contribution is -2.18. The van der Waals surface area contributed by atoms with Crippen molar-refractivity contribution in [3.63, 3.8) is 0 Å². The average molecular weight is 699 g/mol. The minimum Gasteiger partial charge on any atom is -0.461 e. The number of benzene rings is 1. The molecular formula is C31H43N2O8PS3. The molecule has 1 saturated carbocycles. The quantitative estimate of drug-likeness (QED) is 0.116. The van der Waals surface area contributed by atoms with Gasteiger partial charge >= 0.3 is 13.6 Å². The van der Waals surface area contributed by atoms with Crippen molar-refractivity contribution < 1.29 is 36.4 Å².